The molecule has 4 aliphatic rings. The zero-order valence-corrected chi connectivity index (χ0v) is 39.4. The van der Waals surface area contributed by atoms with Gasteiger partial charge >= 0.3 is 0 Å². The molecular formula is C50H63N11O5S. The number of rotatable bonds is 20. The van der Waals surface area contributed by atoms with Crippen molar-refractivity contribution in [3.05, 3.63) is 95.3 Å². The van der Waals surface area contributed by atoms with Gasteiger partial charge in [0.25, 0.3) is 11.8 Å². The minimum Gasteiger partial charge on any atom is -0.355 e. The second kappa shape index (κ2) is 22.6. The molecule has 17 heteroatoms. The minimum absolute atomic E-state index is 0.0210. The quantitative estimate of drug-likeness (QED) is 0.0418. The zero-order valence-electron chi connectivity index (χ0n) is 38.6. The van der Waals surface area contributed by atoms with Crippen LogP contribution >= 0.6 is 11.8 Å². The molecule has 67 heavy (non-hydrogen) atoms. The number of imide groups is 1. The van der Waals surface area contributed by atoms with Crippen molar-refractivity contribution in [1.29, 1.82) is 10.8 Å². The number of nitrogens with zero attached hydrogens (tertiary/aromatic N) is 5. The van der Waals surface area contributed by atoms with E-state index >= 15 is 0 Å². The SMILES string of the molecule is CC1CC(C(=N)/C=C\C(=N)C(=O)NCc2ccc3c(c2)CN(C2CCC(=O)NC2=O)C3=O)=CCN1CCCCCCCCC(=O)Nc1cccc(Sc2cnc(N3CCC(C)(N)CC3)cn2)c1. The third kappa shape index (κ3) is 13.5. The number of allylic oxidation sites excluding steroid dienone is 1. The molecular weight excluding hydrogens is 867 g/mol. The lowest BCUT2D eigenvalue weighted by molar-refractivity contribution is -0.137. The summed E-state index contributed by atoms with van der Waals surface area (Å²) in [6, 6.07) is 12.6. The molecule has 7 N–H and O–H groups in total. The third-order valence-corrected chi connectivity index (χ3v) is 14.0. The van der Waals surface area contributed by atoms with Crippen molar-refractivity contribution < 1.29 is 24.0 Å². The standard InChI is InChI=1S/C50H63N11O5S/c1-33-26-35(40(51)15-16-41(52)47(64)56-29-34-13-14-39-36(27-34)32-61(49(39)66)42-17-18-45(63)58-48(42)65)19-23-59(33)22-8-6-4-3-5-7-12-44(62)57-37-10-9-11-38(28-37)67-46-31-54-43(30-55-46)60-24-20-50(2,53)21-25-60/h9-11,13-16,19,27-28,30-31,33,42,51-52H,3-8,12,17-18,20-26,29,32,53H2,1-2H3,(H,56,64)(H,57,62)(H,58,63,65)/b16-15-,51-40?,52-41?. The average molecular weight is 930 g/mol. The van der Waals surface area contributed by atoms with Gasteiger partial charge in [-0.15, -0.1) is 0 Å². The predicted molar refractivity (Wildman–Crippen MR) is 260 cm³/mol. The maximum atomic E-state index is 13.0. The Morgan fingerprint density at radius 3 is 2.51 bits per heavy atom. The van der Waals surface area contributed by atoms with Crippen molar-refractivity contribution in [2.45, 2.75) is 132 Å². The summed E-state index contributed by atoms with van der Waals surface area (Å²) in [4.78, 5) is 78.8. The Morgan fingerprint density at radius 1 is 0.985 bits per heavy atom. The van der Waals surface area contributed by atoms with Crippen molar-refractivity contribution in [2.75, 3.05) is 36.4 Å². The number of hydrogen-bond donors (Lipinski definition) is 6. The number of benzene rings is 2. The Labute approximate surface area is 397 Å². The second-order valence-corrected chi connectivity index (χ2v) is 19.5. The van der Waals surface area contributed by atoms with Crippen LogP contribution in [0, 0.1) is 10.8 Å². The van der Waals surface area contributed by atoms with Gasteiger partial charge in [0.05, 0.1) is 18.1 Å². The highest BCUT2D eigenvalue weighted by Crippen LogP contribution is 2.31. The van der Waals surface area contributed by atoms with E-state index in [9.17, 15) is 24.0 Å². The Kier molecular flexibility index (Phi) is 16.5. The fourth-order valence-electron chi connectivity index (χ4n) is 8.90. The fraction of sp³-hybridized carbons (Fsp3) is 0.460. The van der Waals surface area contributed by atoms with Crippen LogP contribution in [0.25, 0.3) is 0 Å². The minimum atomic E-state index is -0.699. The molecule has 1 aromatic heterocycles. The number of nitrogens with two attached hydrogens (primary N) is 1. The van der Waals surface area contributed by atoms with Crippen molar-refractivity contribution in [1.82, 2.24) is 30.4 Å². The molecule has 2 aromatic carbocycles. The number of carbonyl (C=O) groups excluding carboxylic acids is 5. The van der Waals surface area contributed by atoms with Gasteiger partial charge < -0.3 is 31.6 Å². The summed E-state index contributed by atoms with van der Waals surface area (Å²) in [7, 11) is 0. The van der Waals surface area contributed by atoms with Crippen LogP contribution in [0.2, 0.25) is 0 Å². The van der Waals surface area contributed by atoms with Crippen LogP contribution in [0.1, 0.15) is 112 Å². The van der Waals surface area contributed by atoms with E-state index < -0.39 is 17.9 Å². The van der Waals surface area contributed by atoms with E-state index in [0.717, 1.165) is 116 Å². The zero-order chi connectivity index (χ0) is 47.5. The molecule has 7 rings (SSSR count). The van der Waals surface area contributed by atoms with E-state index in [1.165, 1.54) is 28.8 Å². The fourth-order valence-corrected chi connectivity index (χ4v) is 9.68. The van der Waals surface area contributed by atoms with Crippen LogP contribution in [0.4, 0.5) is 11.5 Å². The first kappa shape index (κ1) is 48.9. The van der Waals surface area contributed by atoms with Crippen LogP contribution in [0.5, 0.6) is 0 Å². The Hall–Kier alpha value is -6.04. The van der Waals surface area contributed by atoms with Crippen LogP contribution in [-0.2, 0) is 32.3 Å². The normalized spacial score (nSPS) is 19.5. The van der Waals surface area contributed by atoms with Crippen molar-refractivity contribution in [3.8, 4) is 0 Å². The molecule has 2 saturated heterocycles. The number of nitrogens with one attached hydrogen (secondary N) is 5. The number of fused-ring (bicyclic) bond motifs is 1. The van der Waals surface area contributed by atoms with Crippen LogP contribution in [-0.4, -0.2) is 105 Å². The number of amides is 5. The summed E-state index contributed by atoms with van der Waals surface area (Å²) in [6.45, 7) is 8.12. The van der Waals surface area contributed by atoms with Gasteiger partial charge in [-0.1, -0.05) is 61.7 Å². The maximum Gasteiger partial charge on any atom is 0.269 e. The number of carbonyl (C=O) groups is 5. The van der Waals surface area contributed by atoms with Gasteiger partial charge in [-0.3, -0.25) is 39.6 Å². The molecule has 354 valence electrons. The highest BCUT2D eigenvalue weighted by Gasteiger charge is 2.39. The molecule has 5 heterocycles. The highest BCUT2D eigenvalue weighted by molar-refractivity contribution is 7.99. The van der Waals surface area contributed by atoms with Gasteiger partial charge in [0.1, 0.15) is 22.6 Å². The Bertz CT molecular complexity index is 2410. The Balaban J connectivity index is 0.733. The Morgan fingerprint density at radius 2 is 1.76 bits per heavy atom. The number of piperidine rings is 2. The average Bonchev–Trinajstić information content (AvgIpc) is 3.63. The number of unbranched alkanes of at least 4 members (excludes halogenated alkanes) is 5. The molecule has 16 nitrogen and oxygen atoms in total. The first-order valence-corrected chi connectivity index (χ1v) is 24.3. The summed E-state index contributed by atoms with van der Waals surface area (Å²) in [5, 5.41) is 25.8. The van der Waals surface area contributed by atoms with Gasteiger partial charge in [-0.25, -0.2) is 9.97 Å². The van der Waals surface area contributed by atoms with Crippen molar-refractivity contribution in [2.24, 2.45) is 5.73 Å². The van der Waals surface area contributed by atoms with E-state index in [1.54, 1.807) is 18.3 Å². The van der Waals surface area contributed by atoms with Gasteiger partial charge in [0.2, 0.25) is 17.7 Å². The number of hydrogen-bond acceptors (Lipinski definition) is 13. The summed E-state index contributed by atoms with van der Waals surface area (Å²) >= 11 is 1.52. The molecule has 4 aliphatic heterocycles. The molecule has 0 saturated carbocycles. The largest absolute Gasteiger partial charge is 0.355 e. The van der Waals surface area contributed by atoms with E-state index in [0.29, 0.717) is 18.4 Å². The lowest BCUT2D eigenvalue weighted by atomic mass is 9.91. The van der Waals surface area contributed by atoms with Gasteiger partial charge in [0.15, 0.2) is 0 Å². The molecule has 2 fully saturated rings. The summed E-state index contributed by atoms with van der Waals surface area (Å²) < 4.78 is 0. The van der Waals surface area contributed by atoms with Crippen LogP contribution in [0.15, 0.2) is 88.6 Å². The molecule has 0 bridgehead atoms. The molecule has 0 radical (unpaired) electrons. The summed E-state index contributed by atoms with van der Waals surface area (Å²) in [6.07, 6.45) is 18.3. The summed E-state index contributed by atoms with van der Waals surface area (Å²) in [5.41, 5.74) is 9.83. The maximum absolute atomic E-state index is 13.0. The molecule has 5 amide bonds. The smallest absolute Gasteiger partial charge is 0.269 e. The number of aromatic nitrogens is 2. The van der Waals surface area contributed by atoms with E-state index in [4.69, 9.17) is 16.6 Å². The van der Waals surface area contributed by atoms with E-state index in [2.05, 4.69) is 55.6 Å². The molecule has 0 aliphatic carbocycles. The van der Waals surface area contributed by atoms with Gasteiger partial charge in [-0.05, 0) is 112 Å². The predicted octanol–water partition coefficient (Wildman–Crippen LogP) is 6.31. The molecule has 2 atom stereocenters. The van der Waals surface area contributed by atoms with Gasteiger partial charge in [-0.2, -0.15) is 0 Å². The lowest BCUT2D eigenvalue weighted by Gasteiger charge is -2.37. The highest BCUT2D eigenvalue weighted by atomic mass is 32.2. The second-order valence-electron chi connectivity index (χ2n) is 18.4. The lowest BCUT2D eigenvalue weighted by Crippen LogP contribution is -2.52. The van der Waals surface area contributed by atoms with E-state index in [-0.39, 0.29) is 66.7 Å². The monoisotopic (exact) mass is 929 g/mol. The molecule has 3 aromatic rings. The molecule has 2 unspecified atom stereocenters. The first-order valence-electron chi connectivity index (χ1n) is 23.5. The van der Waals surface area contributed by atoms with Crippen LogP contribution < -0.4 is 26.6 Å². The third-order valence-electron chi connectivity index (χ3n) is 13.0. The molecule has 0 spiro atoms. The van der Waals surface area contributed by atoms with E-state index in [1.807, 2.05) is 36.5 Å². The van der Waals surface area contributed by atoms with Gasteiger partial charge in [0, 0.05) is 73.3 Å². The van der Waals surface area contributed by atoms with Crippen molar-refractivity contribution >= 4 is 64.2 Å². The number of anilines is 2. The van der Waals surface area contributed by atoms with Crippen LogP contribution in [0.3, 0.4) is 0 Å². The van der Waals surface area contributed by atoms with Crippen molar-refractivity contribution in [3.63, 3.8) is 0 Å². The topological polar surface area (TPSA) is 231 Å². The summed E-state index contributed by atoms with van der Waals surface area (Å²) in [5.74, 6) is -0.754. The first-order chi connectivity index (χ1) is 32.2.